The molecule has 3 aromatic rings. The van der Waals surface area contributed by atoms with Crippen LogP contribution in [0.3, 0.4) is 0 Å². The number of hydrazine groups is 1. The molecule has 0 fully saturated rings. The lowest BCUT2D eigenvalue weighted by molar-refractivity contribution is -0.146. The lowest BCUT2D eigenvalue weighted by atomic mass is 10.0. The monoisotopic (exact) mass is 449 g/mol. The topological polar surface area (TPSA) is 136 Å². The number of carboxylic acid groups (broad SMARTS) is 1. The molecule has 0 aliphatic carbocycles. The zero-order valence-corrected chi connectivity index (χ0v) is 16.6. The average Bonchev–Trinajstić information content (AvgIpc) is 3.19. The normalized spacial score (nSPS) is 11.8. The summed E-state index contributed by atoms with van der Waals surface area (Å²) >= 11 is 5.82. The number of carboxylic acids is 1. The van der Waals surface area contributed by atoms with E-state index in [0.29, 0.717) is 16.7 Å². The minimum Gasteiger partial charge on any atom is -0.479 e. The lowest BCUT2D eigenvalue weighted by Crippen LogP contribution is -2.47. The van der Waals surface area contributed by atoms with Crippen molar-refractivity contribution in [3.63, 3.8) is 0 Å². The molecule has 0 radical (unpaired) electrons. The molecule has 9 nitrogen and oxygen atoms in total. The maximum absolute atomic E-state index is 14.2. The molecule has 0 aliphatic heterocycles. The standard InChI is InChI=1S/C20H17ClFN3O6/c21-14-3-1-2-13(18(14)22)12-6-4-11(5-7-12)10-25(23-9-15(26)20(29)30)19(28)16-8-17(27)24-31-16/h1-8,15,23,26H,9-10H2,(H,24,27)(H,29,30)/t15-/m1/s1. The molecule has 0 unspecified atom stereocenters. The molecule has 1 heterocycles. The van der Waals surface area contributed by atoms with Gasteiger partial charge in [0.2, 0.25) is 5.76 Å². The van der Waals surface area contributed by atoms with Crippen LogP contribution in [0.25, 0.3) is 11.1 Å². The van der Waals surface area contributed by atoms with Gasteiger partial charge in [-0.15, -0.1) is 0 Å². The van der Waals surface area contributed by atoms with Gasteiger partial charge in [0.25, 0.3) is 5.56 Å². The number of aliphatic hydroxyl groups is 1. The van der Waals surface area contributed by atoms with Crippen molar-refractivity contribution in [1.29, 1.82) is 0 Å². The second-order valence-corrected chi connectivity index (χ2v) is 6.89. The van der Waals surface area contributed by atoms with Crippen LogP contribution >= 0.6 is 11.6 Å². The van der Waals surface area contributed by atoms with Crippen molar-refractivity contribution in [2.24, 2.45) is 0 Å². The Morgan fingerprint density at radius 1 is 1.23 bits per heavy atom. The molecule has 0 aliphatic rings. The highest BCUT2D eigenvalue weighted by Crippen LogP contribution is 2.27. The number of hydrogen-bond acceptors (Lipinski definition) is 6. The summed E-state index contributed by atoms with van der Waals surface area (Å²) in [5.74, 6) is -3.10. The van der Waals surface area contributed by atoms with Crippen molar-refractivity contribution in [1.82, 2.24) is 15.6 Å². The number of benzene rings is 2. The summed E-state index contributed by atoms with van der Waals surface area (Å²) in [5, 5.41) is 21.3. The van der Waals surface area contributed by atoms with Gasteiger partial charge < -0.3 is 14.7 Å². The van der Waals surface area contributed by atoms with Gasteiger partial charge in [-0.05, 0) is 17.2 Å². The van der Waals surface area contributed by atoms with Crippen LogP contribution in [-0.4, -0.2) is 44.9 Å². The summed E-state index contributed by atoms with van der Waals surface area (Å²) in [5.41, 5.74) is 3.36. The highest BCUT2D eigenvalue weighted by molar-refractivity contribution is 6.31. The number of carbonyl (C=O) groups is 2. The Kier molecular flexibility index (Phi) is 6.85. The summed E-state index contributed by atoms with van der Waals surface area (Å²) in [6.07, 6.45) is -1.76. The van der Waals surface area contributed by atoms with Crippen molar-refractivity contribution < 1.29 is 28.7 Å². The van der Waals surface area contributed by atoms with E-state index in [9.17, 15) is 23.9 Å². The van der Waals surface area contributed by atoms with Gasteiger partial charge in [-0.1, -0.05) is 48.0 Å². The van der Waals surface area contributed by atoms with Crippen LogP contribution in [0.15, 0.2) is 57.8 Å². The molecule has 0 spiro atoms. The second-order valence-electron chi connectivity index (χ2n) is 6.48. The van der Waals surface area contributed by atoms with E-state index in [0.717, 1.165) is 11.1 Å². The Morgan fingerprint density at radius 2 is 1.94 bits per heavy atom. The SMILES string of the molecule is O=C(O)[C@H](O)CNN(Cc1ccc(-c2cccc(Cl)c2F)cc1)C(=O)c1cc(=O)[nH]o1. The third-order valence-electron chi connectivity index (χ3n) is 4.30. The predicted octanol–water partition coefficient (Wildman–Crippen LogP) is 2.02. The molecule has 0 bridgehead atoms. The second kappa shape index (κ2) is 9.56. The van der Waals surface area contributed by atoms with E-state index in [1.165, 1.54) is 6.07 Å². The maximum atomic E-state index is 14.2. The Balaban J connectivity index is 1.81. The van der Waals surface area contributed by atoms with E-state index < -0.39 is 35.9 Å². The molecule has 4 N–H and O–H groups in total. The average molecular weight is 450 g/mol. The van der Waals surface area contributed by atoms with Crippen LogP contribution < -0.4 is 11.0 Å². The molecule has 1 atom stereocenters. The van der Waals surface area contributed by atoms with Crippen LogP contribution in [-0.2, 0) is 11.3 Å². The third kappa shape index (κ3) is 5.37. The van der Waals surface area contributed by atoms with E-state index in [1.807, 2.05) is 5.16 Å². The first kappa shape index (κ1) is 22.2. The van der Waals surface area contributed by atoms with Crippen molar-refractivity contribution in [2.75, 3.05) is 6.54 Å². The van der Waals surface area contributed by atoms with Gasteiger partial charge in [-0.25, -0.2) is 14.6 Å². The first-order valence-corrected chi connectivity index (χ1v) is 9.32. The van der Waals surface area contributed by atoms with Crippen molar-refractivity contribution in [2.45, 2.75) is 12.6 Å². The summed E-state index contributed by atoms with van der Waals surface area (Å²) in [6, 6.07) is 12.1. The zero-order chi connectivity index (χ0) is 22.5. The molecule has 3 rings (SSSR count). The van der Waals surface area contributed by atoms with Gasteiger partial charge in [0, 0.05) is 5.56 Å². The first-order chi connectivity index (χ1) is 14.8. The molecular weight excluding hydrogens is 433 g/mol. The van der Waals surface area contributed by atoms with Gasteiger partial charge in [0.1, 0.15) is 5.82 Å². The minimum absolute atomic E-state index is 0.00692. The zero-order valence-electron chi connectivity index (χ0n) is 15.8. The van der Waals surface area contributed by atoms with Crippen LogP contribution in [0.4, 0.5) is 4.39 Å². The van der Waals surface area contributed by atoms with Gasteiger partial charge in [-0.3, -0.25) is 14.6 Å². The quantitative estimate of drug-likeness (QED) is 0.386. The largest absolute Gasteiger partial charge is 0.479 e. The van der Waals surface area contributed by atoms with Crippen molar-refractivity contribution in [3.8, 4) is 11.1 Å². The fourth-order valence-corrected chi connectivity index (χ4v) is 2.88. The van der Waals surface area contributed by atoms with E-state index in [2.05, 4.69) is 5.43 Å². The van der Waals surface area contributed by atoms with E-state index in [-0.39, 0.29) is 17.3 Å². The van der Waals surface area contributed by atoms with Gasteiger partial charge in [0.15, 0.2) is 6.10 Å². The van der Waals surface area contributed by atoms with E-state index >= 15 is 0 Å². The third-order valence-corrected chi connectivity index (χ3v) is 4.59. The number of nitrogens with one attached hydrogen (secondary N) is 2. The highest BCUT2D eigenvalue weighted by atomic mass is 35.5. The van der Waals surface area contributed by atoms with Gasteiger partial charge in [0.05, 0.1) is 24.2 Å². The molecule has 1 aromatic heterocycles. The summed E-state index contributed by atoms with van der Waals surface area (Å²) in [6.45, 7) is -0.542. The summed E-state index contributed by atoms with van der Waals surface area (Å²) in [4.78, 5) is 34.7. The molecule has 31 heavy (non-hydrogen) atoms. The van der Waals surface area contributed by atoms with Gasteiger partial charge >= 0.3 is 11.9 Å². The smallest absolute Gasteiger partial charge is 0.333 e. The highest BCUT2D eigenvalue weighted by Gasteiger charge is 2.23. The number of carbonyl (C=O) groups excluding carboxylic acids is 1. The number of aromatic nitrogens is 1. The van der Waals surface area contributed by atoms with Crippen LogP contribution in [0, 0.1) is 5.82 Å². The molecule has 11 heteroatoms. The maximum Gasteiger partial charge on any atom is 0.333 e. The summed E-state index contributed by atoms with van der Waals surface area (Å²) in [7, 11) is 0. The fourth-order valence-electron chi connectivity index (χ4n) is 2.70. The number of aliphatic carboxylic acids is 1. The molecule has 0 saturated heterocycles. The first-order valence-electron chi connectivity index (χ1n) is 8.94. The number of nitrogens with zero attached hydrogens (tertiary/aromatic N) is 1. The minimum atomic E-state index is -1.76. The van der Waals surface area contributed by atoms with E-state index in [1.54, 1.807) is 36.4 Å². The fraction of sp³-hybridized carbons (Fsp3) is 0.150. The Bertz CT molecular complexity index is 1140. The predicted molar refractivity (Wildman–Crippen MR) is 108 cm³/mol. The Morgan fingerprint density at radius 3 is 2.55 bits per heavy atom. The molecule has 1 amide bonds. The molecule has 0 saturated carbocycles. The lowest BCUT2D eigenvalue weighted by Gasteiger charge is -2.23. The number of H-pyrrole nitrogens is 1. The number of rotatable bonds is 8. The summed E-state index contributed by atoms with van der Waals surface area (Å²) < 4.78 is 19.0. The van der Waals surface area contributed by atoms with Crippen molar-refractivity contribution in [3.05, 3.63) is 81.0 Å². The molecule has 2 aromatic carbocycles. The Labute approximate surface area is 179 Å². The Hall–Kier alpha value is -3.47. The van der Waals surface area contributed by atoms with Crippen molar-refractivity contribution >= 4 is 23.5 Å². The van der Waals surface area contributed by atoms with E-state index in [4.69, 9.17) is 21.2 Å². The van der Waals surface area contributed by atoms with Crippen LogP contribution in [0.5, 0.6) is 0 Å². The van der Waals surface area contributed by atoms with Crippen LogP contribution in [0.2, 0.25) is 5.02 Å². The number of aliphatic hydroxyl groups excluding tert-OH is 1. The van der Waals surface area contributed by atoms with Gasteiger partial charge in [-0.2, -0.15) is 5.16 Å². The number of amides is 1. The molecular formula is C20H17ClFN3O6. The number of hydrogen-bond donors (Lipinski definition) is 4. The number of aromatic amines is 1. The number of halogens is 2. The molecule has 162 valence electrons. The van der Waals surface area contributed by atoms with Crippen LogP contribution in [0.1, 0.15) is 16.1 Å².